The van der Waals surface area contributed by atoms with E-state index in [1.54, 1.807) is 0 Å². The maximum atomic E-state index is 6.89. The lowest BCUT2D eigenvalue weighted by atomic mass is 9.57. The molecule has 6 aliphatic rings. The van der Waals surface area contributed by atoms with Crippen LogP contribution >= 0.6 is 0 Å². The molecule has 76 heavy (non-hydrogen) atoms. The SMILES string of the molecule is c1ccc2c(c1)Oc1ccccc1C21c2ccccc2B2N(c3ccccc31)c1c3c4ccccc4n4c3c(c3c5ccccc5n2c13)N1B4c2ccccc2C2(c3ccccc3Oc3ccccc32)c2ccccc21. The molecule has 0 N–H and O–H groups in total. The molecule has 13 aromatic rings. The number of anilines is 4. The molecule has 0 bridgehead atoms. The van der Waals surface area contributed by atoms with Crippen LogP contribution in [0.25, 0.3) is 43.6 Å². The first-order chi connectivity index (χ1) is 37.8. The second-order valence-electron chi connectivity index (χ2n) is 21.3. The molecule has 0 amide bonds. The van der Waals surface area contributed by atoms with Crippen molar-refractivity contribution >= 4 is 91.3 Å². The largest absolute Gasteiger partial charge is 0.457 e. The summed E-state index contributed by atoms with van der Waals surface area (Å²) in [4.78, 5) is 5.48. The lowest BCUT2D eigenvalue weighted by Gasteiger charge is -2.42. The topological polar surface area (TPSA) is 34.8 Å². The Kier molecular flexibility index (Phi) is 7.20. The van der Waals surface area contributed by atoms with Gasteiger partial charge in [0, 0.05) is 66.2 Å². The van der Waals surface area contributed by atoms with E-state index in [1.807, 2.05) is 0 Å². The molecule has 8 heterocycles. The fourth-order valence-corrected chi connectivity index (χ4v) is 15.8. The number of hydrogen-bond acceptors (Lipinski definition) is 4. The minimum atomic E-state index is -0.712. The van der Waals surface area contributed by atoms with Crippen molar-refractivity contribution in [3.8, 4) is 23.0 Å². The van der Waals surface area contributed by atoms with Crippen molar-refractivity contribution in [2.75, 3.05) is 9.62 Å². The van der Waals surface area contributed by atoms with Gasteiger partial charge in [0.05, 0.1) is 33.2 Å². The highest BCUT2D eigenvalue weighted by molar-refractivity contribution is 6.84. The summed E-state index contributed by atoms with van der Waals surface area (Å²) in [5.41, 5.74) is 20.4. The first kappa shape index (κ1) is 39.8. The Hall–Kier alpha value is -9.65. The molecule has 0 aliphatic carbocycles. The summed E-state index contributed by atoms with van der Waals surface area (Å²) >= 11 is 0. The number of fused-ring (bicyclic) bond motifs is 34. The zero-order valence-electron chi connectivity index (χ0n) is 40.9. The fraction of sp³-hybridized carbons (Fsp3) is 0.0294. The molecule has 8 heteroatoms. The standard InChI is InChI=1S/C68H40B2N4O2/c1-13-33-53-41(21-1)61-63-66(74-56-36-16-6-26-46(56)67(43-23-3-11-31-51(43)69(74)71(53)63)47-27-7-17-37-57(47)75-58-38-18-8-28-48(58)67)62-42-22-2-14-34-54(42)72-64(62)65(61)73-55-35-15-5-25-45(55)68(44-24-4-12-32-52(44)70(72)73)49-29-9-19-39-59(49)76-60-40-20-10-30-50(60)68/h1-40H. The third kappa shape index (κ3) is 4.33. The van der Waals surface area contributed by atoms with Crippen LogP contribution in [0, 0.1) is 0 Å². The number of hydrogen-bond donors (Lipinski definition) is 0. The van der Waals surface area contributed by atoms with E-state index in [0.717, 1.165) is 45.3 Å². The van der Waals surface area contributed by atoms with Gasteiger partial charge in [0.1, 0.15) is 23.0 Å². The van der Waals surface area contributed by atoms with Gasteiger partial charge in [0.2, 0.25) is 0 Å². The average Bonchev–Trinajstić information content (AvgIpc) is 4.19. The van der Waals surface area contributed by atoms with Crippen LogP contribution in [0.2, 0.25) is 0 Å². The van der Waals surface area contributed by atoms with Gasteiger partial charge in [-0.3, -0.25) is 0 Å². The predicted octanol–water partition coefficient (Wildman–Crippen LogP) is 14.3. The molecule has 0 radical (unpaired) electrons. The van der Waals surface area contributed by atoms with Crippen molar-refractivity contribution in [2.45, 2.75) is 10.8 Å². The summed E-state index contributed by atoms with van der Waals surface area (Å²) in [5, 5.41) is 5.01. The Morgan fingerprint density at radius 1 is 0.289 bits per heavy atom. The number of benzene rings is 11. The highest BCUT2D eigenvalue weighted by atomic mass is 16.5. The van der Waals surface area contributed by atoms with Crippen LogP contribution in [0.15, 0.2) is 243 Å². The van der Waals surface area contributed by atoms with Crippen LogP contribution in [0.3, 0.4) is 0 Å². The summed E-state index contributed by atoms with van der Waals surface area (Å²) < 4.78 is 19.2. The van der Waals surface area contributed by atoms with Gasteiger partial charge < -0.3 is 28.1 Å². The van der Waals surface area contributed by atoms with Gasteiger partial charge in [-0.05, 0) is 81.7 Å². The van der Waals surface area contributed by atoms with Crippen molar-refractivity contribution in [3.63, 3.8) is 0 Å². The van der Waals surface area contributed by atoms with Gasteiger partial charge in [-0.2, -0.15) is 0 Å². The van der Waals surface area contributed by atoms with Crippen molar-refractivity contribution < 1.29 is 9.47 Å². The Labute approximate surface area is 438 Å². The molecule has 6 nitrogen and oxygen atoms in total. The third-order valence-electron chi connectivity index (χ3n) is 18.2. The smallest absolute Gasteiger partial charge is 0.421 e. The third-order valence-corrected chi connectivity index (χ3v) is 18.2. The molecule has 0 saturated carbocycles. The van der Waals surface area contributed by atoms with E-state index < -0.39 is 10.8 Å². The van der Waals surface area contributed by atoms with Crippen molar-refractivity contribution in [3.05, 3.63) is 287 Å². The van der Waals surface area contributed by atoms with Crippen molar-refractivity contribution in [1.29, 1.82) is 0 Å². The van der Waals surface area contributed by atoms with Gasteiger partial charge in [0.15, 0.2) is 0 Å². The molecule has 11 aromatic carbocycles. The normalized spacial score (nSPS) is 15.7. The number of para-hydroxylation sites is 8. The quantitative estimate of drug-likeness (QED) is 0.142. The molecule has 2 spiro atoms. The molecular formula is C68H40B2N4O2. The zero-order chi connectivity index (χ0) is 49.2. The molecule has 0 fully saturated rings. The molecule has 0 saturated heterocycles. The van der Waals surface area contributed by atoms with Crippen LogP contribution in [0.1, 0.15) is 44.5 Å². The second-order valence-corrected chi connectivity index (χ2v) is 21.3. The van der Waals surface area contributed by atoms with Gasteiger partial charge in [-0.15, -0.1) is 0 Å². The molecular weight excluding hydrogens is 926 g/mol. The van der Waals surface area contributed by atoms with E-state index in [4.69, 9.17) is 9.47 Å². The van der Waals surface area contributed by atoms with E-state index >= 15 is 0 Å². The highest BCUT2D eigenvalue weighted by Crippen LogP contribution is 2.65. The Morgan fingerprint density at radius 2 is 0.592 bits per heavy atom. The van der Waals surface area contributed by atoms with E-state index in [1.165, 1.54) is 99.5 Å². The summed E-state index contributed by atoms with van der Waals surface area (Å²) in [7, 11) is 0. The summed E-state index contributed by atoms with van der Waals surface area (Å²) in [6.45, 7) is -0.495. The molecule has 6 aliphatic heterocycles. The molecule has 0 unspecified atom stereocenters. The Bertz CT molecular complexity index is 4410. The summed E-state index contributed by atoms with van der Waals surface area (Å²) in [5.74, 6) is 3.52. The zero-order valence-corrected chi connectivity index (χ0v) is 40.9. The van der Waals surface area contributed by atoms with Crippen molar-refractivity contribution in [2.24, 2.45) is 0 Å². The Morgan fingerprint density at radius 3 is 0.987 bits per heavy atom. The van der Waals surface area contributed by atoms with Crippen LogP contribution in [-0.2, 0) is 10.8 Å². The van der Waals surface area contributed by atoms with E-state index in [0.29, 0.717) is 0 Å². The van der Waals surface area contributed by atoms with Gasteiger partial charge >= 0.3 is 14.0 Å². The molecule has 350 valence electrons. The van der Waals surface area contributed by atoms with Crippen LogP contribution in [-0.4, -0.2) is 22.9 Å². The fourth-order valence-electron chi connectivity index (χ4n) is 15.8. The van der Waals surface area contributed by atoms with Crippen LogP contribution in [0.5, 0.6) is 23.0 Å². The van der Waals surface area contributed by atoms with Gasteiger partial charge in [0.25, 0.3) is 0 Å². The van der Waals surface area contributed by atoms with Crippen LogP contribution in [0.4, 0.5) is 22.7 Å². The van der Waals surface area contributed by atoms with Gasteiger partial charge in [-0.25, -0.2) is 0 Å². The minimum absolute atomic E-state index is 0.247. The maximum absolute atomic E-state index is 6.89. The molecule has 2 aromatic heterocycles. The molecule has 0 atom stereocenters. The van der Waals surface area contributed by atoms with Gasteiger partial charge in [-0.1, -0.05) is 194 Å². The van der Waals surface area contributed by atoms with E-state index in [9.17, 15) is 0 Å². The summed E-state index contributed by atoms with van der Waals surface area (Å²) in [6.07, 6.45) is 0. The lowest BCUT2D eigenvalue weighted by Crippen LogP contribution is -2.50. The molecule has 19 rings (SSSR count). The monoisotopic (exact) mass is 966 g/mol. The number of rotatable bonds is 0. The summed E-state index contributed by atoms with van der Waals surface area (Å²) in [6, 6.07) is 90.4. The number of ether oxygens (including phenoxy) is 2. The first-order valence-corrected chi connectivity index (χ1v) is 26.5. The van der Waals surface area contributed by atoms with Crippen LogP contribution < -0.4 is 30.0 Å². The minimum Gasteiger partial charge on any atom is -0.457 e. The first-order valence-electron chi connectivity index (χ1n) is 26.5. The maximum Gasteiger partial charge on any atom is 0.421 e. The average molecular weight is 967 g/mol. The lowest BCUT2D eigenvalue weighted by molar-refractivity contribution is 0.435. The van der Waals surface area contributed by atoms with Crippen molar-refractivity contribution in [1.82, 2.24) is 8.96 Å². The number of aromatic nitrogens is 2. The highest BCUT2D eigenvalue weighted by Gasteiger charge is 2.59. The Balaban J connectivity index is 1.00. The number of nitrogens with zero attached hydrogens (tertiary/aromatic N) is 4. The van der Waals surface area contributed by atoms with E-state index in [2.05, 4.69) is 261 Å². The second kappa shape index (κ2) is 13.7. The predicted molar refractivity (Wildman–Crippen MR) is 308 cm³/mol. The van der Waals surface area contributed by atoms with E-state index in [-0.39, 0.29) is 14.0 Å².